The van der Waals surface area contributed by atoms with E-state index in [-0.39, 0.29) is 36.0 Å². The largest absolute Gasteiger partial charge is 0.493 e. The zero-order chi connectivity index (χ0) is 27.2. The van der Waals surface area contributed by atoms with Gasteiger partial charge in [0.25, 0.3) is 0 Å². The molecule has 5 rings (SSSR count). The lowest BCUT2D eigenvalue weighted by atomic mass is 9.78. The van der Waals surface area contributed by atoms with Gasteiger partial charge in [-0.05, 0) is 68.2 Å². The minimum absolute atomic E-state index is 0.0138. The Balaban J connectivity index is 1.09. The average molecular weight is 530 g/mol. The molecule has 0 aliphatic carbocycles. The molecule has 7 heteroatoms. The summed E-state index contributed by atoms with van der Waals surface area (Å²) >= 11 is 0. The van der Waals surface area contributed by atoms with Crippen LogP contribution in [0.4, 0.5) is 5.69 Å². The van der Waals surface area contributed by atoms with Gasteiger partial charge in [-0.2, -0.15) is 0 Å². The van der Waals surface area contributed by atoms with E-state index in [1.165, 1.54) is 5.56 Å². The van der Waals surface area contributed by atoms with Crippen LogP contribution in [0.2, 0.25) is 0 Å². The van der Waals surface area contributed by atoms with Gasteiger partial charge in [-0.1, -0.05) is 36.4 Å². The maximum absolute atomic E-state index is 13.0. The Morgan fingerprint density at radius 2 is 1.56 bits per heavy atom. The third kappa shape index (κ3) is 6.18. The van der Waals surface area contributed by atoms with Gasteiger partial charge in [-0.25, -0.2) is 0 Å². The quantitative estimate of drug-likeness (QED) is 0.488. The molecule has 2 saturated heterocycles. The summed E-state index contributed by atoms with van der Waals surface area (Å²) in [4.78, 5) is 44.6. The number of carbonyl (C=O) groups is 3. The molecule has 0 saturated carbocycles. The van der Waals surface area contributed by atoms with E-state index in [4.69, 9.17) is 4.74 Å². The fourth-order valence-corrected chi connectivity index (χ4v) is 6.23. The summed E-state index contributed by atoms with van der Waals surface area (Å²) < 4.78 is 5.65. The summed E-state index contributed by atoms with van der Waals surface area (Å²) in [5.74, 6) is 0.896. The molecule has 3 heterocycles. The summed E-state index contributed by atoms with van der Waals surface area (Å²) in [6, 6.07) is 15.8. The first-order chi connectivity index (χ1) is 19.0. The molecule has 3 amide bonds. The first-order valence-corrected chi connectivity index (χ1v) is 14.3. The molecule has 1 spiro atoms. The Labute approximate surface area is 231 Å². The lowest BCUT2D eigenvalue weighted by Crippen LogP contribution is -2.44. The van der Waals surface area contributed by atoms with Gasteiger partial charge in [0.15, 0.2) is 0 Å². The zero-order valence-electron chi connectivity index (χ0n) is 22.9. The van der Waals surface area contributed by atoms with E-state index in [1.54, 1.807) is 6.08 Å². The zero-order valence-corrected chi connectivity index (χ0v) is 22.9. The summed E-state index contributed by atoms with van der Waals surface area (Å²) in [6.07, 6.45) is 8.69. The highest BCUT2D eigenvalue weighted by Crippen LogP contribution is 2.40. The summed E-state index contributed by atoms with van der Waals surface area (Å²) in [6.45, 7) is 6.11. The van der Waals surface area contributed by atoms with Gasteiger partial charge >= 0.3 is 0 Å². The maximum atomic E-state index is 13.0. The Morgan fingerprint density at radius 1 is 0.872 bits per heavy atom. The molecule has 39 heavy (non-hydrogen) atoms. The van der Waals surface area contributed by atoms with Crippen molar-refractivity contribution in [1.82, 2.24) is 9.80 Å². The average Bonchev–Trinajstić information content (AvgIpc) is 3.38. The number of nitrogens with zero attached hydrogens (tertiary/aromatic N) is 3. The maximum Gasteiger partial charge on any atom is 0.246 e. The first-order valence-electron chi connectivity index (χ1n) is 14.3. The molecule has 3 aliphatic heterocycles. The van der Waals surface area contributed by atoms with E-state index in [0.717, 1.165) is 68.7 Å². The van der Waals surface area contributed by atoms with Gasteiger partial charge in [0.05, 0.1) is 6.61 Å². The van der Waals surface area contributed by atoms with Crippen LogP contribution in [0.5, 0.6) is 5.75 Å². The molecule has 7 nitrogen and oxygen atoms in total. The number of benzene rings is 2. The van der Waals surface area contributed by atoms with Crippen molar-refractivity contribution < 1.29 is 19.1 Å². The topological polar surface area (TPSA) is 70.2 Å². The number of piperidine rings is 1. The fourth-order valence-electron chi connectivity index (χ4n) is 6.23. The van der Waals surface area contributed by atoms with Crippen LogP contribution in [-0.2, 0) is 20.8 Å². The van der Waals surface area contributed by atoms with Crippen molar-refractivity contribution in [2.75, 3.05) is 44.2 Å². The van der Waals surface area contributed by atoms with Gasteiger partial charge < -0.3 is 19.4 Å². The second-order valence-corrected chi connectivity index (χ2v) is 11.0. The lowest BCUT2D eigenvalue weighted by Gasteiger charge is -2.39. The van der Waals surface area contributed by atoms with Crippen molar-refractivity contribution in [3.05, 3.63) is 65.7 Å². The Hall–Kier alpha value is -3.61. The van der Waals surface area contributed by atoms with Crippen molar-refractivity contribution >= 4 is 29.5 Å². The molecular weight excluding hydrogens is 490 g/mol. The number of para-hydroxylation sites is 2. The third-order valence-corrected chi connectivity index (χ3v) is 8.52. The van der Waals surface area contributed by atoms with Crippen molar-refractivity contribution in [2.45, 2.75) is 51.9 Å². The van der Waals surface area contributed by atoms with E-state index in [1.807, 2.05) is 70.2 Å². The van der Waals surface area contributed by atoms with Crippen molar-refractivity contribution in [3.8, 4) is 5.75 Å². The van der Waals surface area contributed by atoms with Crippen molar-refractivity contribution in [2.24, 2.45) is 5.41 Å². The summed E-state index contributed by atoms with van der Waals surface area (Å²) in [7, 11) is 0. The second-order valence-electron chi connectivity index (χ2n) is 11.0. The number of ether oxygens (including phenoxy) is 1. The second kappa shape index (κ2) is 12.1. The van der Waals surface area contributed by atoms with Crippen LogP contribution in [-0.4, -0.2) is 66.9 Å². The Bertz CT molecular complexity index is 1230. The van der Waals surface area contributed by atoms with E-state index < -0.39 is 0 Å². The first kappa shape index (κ1) is 27.0. The van der Waals surface area contributed by atoms with Crippen LogP contribution < -0.4 is 9.64 Å². The smallest absolute Gasteiger partial charge is 0.246 e. The van der Waals surface area contributed by atoms with Crippen LogP contribution in [0.15, 0.2) is 54.6 Å². The molecule has 2 aromatic rings. The number of anilines is 1. The van der Waals surface area contributed by atoms with E-state index in [9.17, 15) is 14.4 Å². The molecule has 0 N–H and O–H groups in total. The number of aryl methyl sites for hydroxylation is 1. The number of amides is 3. The molecule has 3 aliphatic rings. The van der Waals surface area contributed by atoms with Crippen LogP contribution in [0.3, 0.4) is 0 Å². The molecule has 0 atom stereocenters. The molecule has 0 radical (unpaired) electrons. The normalized spacial score (nSPS) is 18.4. The number of fused-ring (bicyclic) bond motifs is 1. The van der Waals surface area contributed by atoms with Crippen molar-refractivity contribution in [1.29, 1.82) is 0 Å². The monoisotopic (exact) mass is 529 g/mol. The highest BCUT2D eigenvalue weighted by atomic mass is 16.5. The number of rotatable bonds is 7. The van der Waals surface area contributed by atoms with Crippen LogP contribution in [0.1, 0.15) is 56.6 Å². The SMILES string of the molecule is CCOc1ccccc1/C=C/C(=O)N1CCC2(CC1)CCN(C(=O)CCC(=O)N1CCCc3ccccc31)C2. The van der Waals surface area contributed by atoms with Crippen LogP contribution >= 0.6 is 0 Å². The van der Waals surface area contributed by atoms with E-state index in [0.29, 0.717) is 19.7 Å². The van der Waals surface area contributed by atoms with Crippen LogP contribution in [0.25, 0.3) is 6.08 Å². The number of carbonyl (C=O) groups excluding carboxylic acids is 3. The summed E-state index contributed by atoms with van der Waals surface area (Å²) in [5, 5.41) is 0. The minimum atomic E-state index is 0.0138. The Kier molecular flexibility index (Phi) is 8.34. The van der Waals surface area contributed by atoms with E-state index in [2.05, 4.69) is 6.07 Å². The Morgan fingerprint density at radius 3 is 2.36 bits per heavy atom. The lowest BCUT2D eigenvalue weighted by molar-refractivity contribution is -0.133. The van der Waals surface area contributed by atoms with Gasteiger partial charge in [0.2, 0.25) is 17.7 Å². The standard InChI is InChI=1S/C32H39N3O4/c1-2-39-28-12-6-4-9-26(28)13-14-29(36)33-21-17-32(18-22-33)19-23-34(24-32)30(37)15-16-31(38)35-20-7-10-25-8-3-5-11-27(25)35/h3-6,8-9,11-14H,2,7,10,15-24H2,1H3/b14-13+. The molecule has 0 bridgehead atoms. The predicted molar refractivity (Wildman–Crippen MR) is 152 cm³/mol. The highest BCUT2D eigenvalue weighted by Gasteiger charge is 2.42. The number of likely N-dealkylation sites (tertiary alicyclic amines) is 2. The predicted octanol–water partition coefficient (Wildman–Crippen LogP) is 4.70. The number of hydrogen-bond donors (Lipinski definition) is 0. The van der Waals surface area contributed by atoms with E-state index >= 15 is 0 Å². The molecule has 206 valence electrons. The number of hydrogen-bond acceptors (Lipinski definition) is 4. The van der Waals surface area contributed by atoms with Gasteiger partial charge in [0.1, 0.15) is 5.75 Å². The molecular formula is C32H39N3O4. The van der Waals surface area contributed by atoms with Gasteiger partial charge in [0, 0.05) is 62.9 Å². The molecule has 2 fully saturated rings. The molecule has 2 aromatic carbocycles. The molecule has 0 aromatic heterocycles. The third-order valence-electron chi connectivity index (χ3n) is 8.52. The highest BCUT2D eigenvalue weighted by molar-refractivity contribution is 5.96. The van der Waals surface area contributed by atoms with Crippen molar-refractivity contribution in [3.63, 3.8) is 0 Å². The summed E-state index contributed by atoms with van der Waals surface area (Å²) in [5.41, 5.74) is 3.18. The van der Waals surface area contributed by atoms with Crippen LogP contribution in [0, 0.1) is 5.41 Å². The molecule has 0 unspecified atom stereocenters. The van der Waals surface area contributed by atoms with Gasteiger partial charge in [-0.15, -0.1) is 0 Å². The minimum Gasteiger partial charge on any atom is -0.493 e. The van der Waals surface area contributed by atoms with Gasteiger partial charge in [-0.3, -0.25) is 14.4 Å². The fraction of sp³-hybridized carbons (Fsp3) is 0.469.